The molecule has 82 valence electrons. The number of rotatable bonds is 4. The summed E-state index contributed by atoms with van der Waals surface area (Å²) in [6.07, 6.45) is 4.68. The number of anilines is 1. The molecular formula is C11H17N3O. The van der Waals surface area contributed by atoms with Gasteiger partial charge in [-0.1, -0.05) is 0 Å². The van der Waals surface area contributed by atoms with Gasteiger partial charge in [0.1, 0.15) is 0 Å². The van der Waals surface area contributed by atoms with Crippen molar-refractivity contribution in [1.29, 1.82) is 0 Å². The minimum Gasteiger partial charge on any atom is -0.385 e. The molecule has 2 heterocycles. The summed E-state index contributed by atoms with van der Waals surface area (Å²) in [5.41, 5.74) is 1.13. The number of ether oxygens (including phenoxy) is 1. The first-order valence-corrected chi connectivity index (χ1v) is 5.40. The first-order valence-electron chi connectivity index (χ1n) is 5.40. The van der Waals surface area contributed by atoms with Gasteiger partial charge in [0.05, 0.1) is 13.2 Å². The van der Waals surface area contributed by atoms with Gasteiger partial charge in [-0.25, -0.2) is 0 Å². The number of nitrogens with zero attached hydrogens (tertiary/aromatic N) is 1. The first-order chi connectivity index (χ1) is 7.45. The molecule has 1 saturated heterocycles. The van der Waals surface area contributed by atoms with E-state index in [0.29, 0.717) is 6.04 Å². The summed E-state index contributed by atoms with van der Waals surface area (Å²) in [4.78, 5) is 3.97. The largest absolute Gasteiger partial charge is 0.385 e. The second-order valence-corrected chi connectivity index (χ2v) is 3.68. The van der Waals surface area contributed by atoms with Crippen molar-refractivity contribution in [3.63, 3.8) is 0 Å². The molecule has 0 spiro atoms. The molecule has 0 radical (unpaired) electrons. The molecule has 1 aliphatic heterocycles. The van der Waals surface area contributed by atoms with E-state index in [0.717, 1.165) is 38.4 Å². The summed E-state index contributed by atoms with van der Waals surface area (Å²) in [5, 5.41) is 6.78. The molecule has 0 saturated carbocycles. The van der Waals surface area contributed by atoms with E-state index in [9.17, 15) is 0 Å². The van der Waals surface area contributed by atoms with E-state index < -0.39 is 0 Å². The molecule has 0 aromatic carbocycles. The number of morpholine rings is 1. The van der Waals surface area contributed by atoms with Gasteiger partial charge in [0.25, 0.3) is 0 Å². The molecule has 1 aliphatic rings. The lowest BCUT2D eigenvalue weighted by Crippen LogP contribution is -2.42. The van der Waals surface area contributed by atoms with Crippen LogP contribution >= 0.6 is 0 Å². The van der Waals surface area contributed by atoms with E-state index in [1.165, 1.54) is 0 Å². The molecule has 1 aromatic heterocycles. The van der Waals surface area contributed by atoms with Crippen molar-refractivity contribution in [3.05, 3.63) is 24.5 Å². The highest BCUT2D eigenvalue weighted by Gasteiger charge is 2.11. The zero-order valence-corrected chi connectivity index (χ0v) is 8.78. The van der Waals surface area contributed by atoms with Gasteiger partial charge < -0.3 is 15.4 Å². The maximum absolute atomic E-state index is 5.38. The van der Waals surface area contributed by atoms with Crippen molar-refractivity contribution in [3.8, 4) is 0 Å². The molecule has 1 fully saturated rings. The fraction of sp³-hybridized carbons (Fsp3) is 0.545. The van der Waals surface area contributed by atoms with Crippen LogP contribution in [0.4, 0.5) is 5.69 Å². The van der Waals surface area contributed by atoms with Crippen molar-refractivity contribution < 1.29 is 4.74 Å². The lowest BCUT2D eigenvalue weighted by Gasteiger charge is -2.23. The van der Waals surface area contributed by atoms with Gasteiger partial charge in [-0.05, 0) is 18.6 Å². The van der Waals surface area contributed by atoms with E-state index in [1.54, 1.807) is 12.4 Å². The van der Waals surface area contributed by atoms with Crippen LogP contribution < -0.4 is 10.6 Å². The summed E-state index contributed by atoms with van der Waals surface area (Å²) in [5.74, 6) is 0. The Morgan fingerprint density at radius 2 is 2.33 bits per heavy atom. The zero-order valence-electron chi connectivity index (χ0n) is 8.78. The Kier molecular flexibility index (Phi) is 3.93. The predicted octanol–water partition coefficient (Wildman–Crippen LogP) is 0.872. The first kappa shape index (κ1) is 10.4. The number of nitrogens with one attached hydrogen (secondary N) is 2. The third-order valence-corrected chi connectivity index (χ3v) is 2.50. The Bertz CT molecular complexity index is 272. The van der Waals surface area contributed by atoms with Crippen molar-refractivity contribution in [2.75, 3.05) is 31.6 Å². The lowest BCUT2D eigenvalue weighted by molar-refractivity contribution is 0.0753. The van der Waals surface area contributed by atoms with Crippen LogP contribution in [-0.4, -0.2) is 37.3 Å². The van der Waals surface area contributed by atoms with Gasteiger partial charge in [-0.2, -0.15) is 0 Å². The van der Waals surface area contributed by atoms with E-state index in [4.69, 9.17) is 4.74 Å². The third-order valence-electron chi connectivity index (χ3n) is 2.50. The van der Waals surface area contributed by atoms with Gasteiger partial charge in [0, 0.05) is 37.2 Å². The summed E-state index contributed by atoms with van der Waals surface area (Å²) < 4.78 is 5.38. The van der Waals surface area contributed by atoms with E-state index in [-0.39, 0.29) is 0 Å². The van der Waals surface area contributed by atoms with E-state index in [1.807, 2.05) is 12.1 Å². The molecular weight excluding hydrogens is 190 g/mol. The Morgan fingerprint density at radius 3 is 3.07 bits per heavy atom. The Balaban J connectivity index is 1.66. The Morgan fingerprint density at radius 1 is 1.47 bits per heavy atom. The molecule has 4 heteroatoms. The van der Waals surface area contributed by atoms with Crippen LogP contribution in [0.5, 0.6) is 0 Å². The fourth-order valence-electron chi connectivity index (χ4n) is 1.67. The predicted molar refractivity (Wildman–Crippen MR) is 60.0 cm³/mol. The van der Waals surface area contributed by atoms with Crippen molar-refractivity contribution in [1.82, 2.24) is 10.3 Å². The summed E-state index contributed by atoms with van der Waals surface area (Å²) >= 11 is 0. The molecule has 0 bridgehead atoms. The van der Waals surface area contributed by atoms with Gasteiger partial charge in [-0.15, -0.1) is 0 Å². The number of pyridine rings is 1. The van der Waals surface area contributed by atoms with Crippen molar-refractivity contribution in [2.24, 2.45) is 0 Å². The topological polar surface area (TPSA) is 46.2 Å². The average molecular weight is 207 g/mol. The van der Waals surface area contributed by atoms with Crippen molar-refractivity contribution >= 4 is 5.69 Å². The summed E-state index contributed by atoms with van der Waals surface area (Å²) in [7, 11) is 0. The van der Waals surface area contributed by atoms with Crippen LogP contribution in [0.1, 0.15) is 6.42 Å². The van der Waals surface area contributed by atoms with Crippen LogP contribution in [0.3, 0.4) is 0 Å². The highest BCUT2D eigenvalue weighted by Crippen LogP contribution is 2.04. The molecule has 0 aliphatic carbocycles. The van der Waals surface area contributed by atoms with Gasteiger partial charge in [0.15, 0.2) is 0 Å². The van der Waals surface area contributed by atoms with Crippen LogP contribution in [-0.2, 0) is 4.74 Å². The van der Waals surface area contributed by atoms with E-state index in [2.05, 4.69) is 15.6 Å². The highest BCUT2D eigenvalue weighted by atomic mass is 16.5. The Hall–Kier alpha value is -1.13. The molecule has 15 heavy (non-hydrogen) atoms. The standard InChI is InChI=1S/C11H17N3O/c1-4-12-5-2-10(1)13-6-3-11-9-15-8-7-14-11/h1-2,4-5,11,14H,3,6-9H2,(H,12,13). The minimum atomic E-state index is 0.494. The molecule has 1 aromatic rings. The SMILES string of the molecule is c1cc(NCCC2COCCN2)ccn1. The highest BCUT2D eigenvalue weighted by molar-refractivity contribution is 5.40. The third kappa shape index (κ3) is 3.49. The number of hydrogen-bond donors (Lipinski definition) is 2. The Labute approximate surface area is 90.0 Å². The number of aromatic nitrogens is 1. The smallest absolute Gasteiger partial charge is 0.0620 e. The maximum atomic E-state index is 5.38. The summed E-state index contributed by atoms with van der Waals surface area (Å²) in [6, 6.07) is 4.45. The number of hydrogen-bond acceptors (Lipinski definition) is 4. The second-order valence-electron chi connectivity index (χ2n) is 3.68. The van der Waals surface area contributed by atoms with Crippen LogP contribution in [0.25, 0.3) is 0 Å². The molecule has 1 unspecified atom stereocenters. The lowest BCUT2D eigenvalue weighted by atomic mass is 10.2. The van der Waals surface area contributed by atoms with Gasteiger partial charge in [-0.3, -0.25) is 4.98 Å². The normalized spacial score (nSPS) is 21.2. The van der Waals surface area contributed by atoms with Gasteiger partial charge >= 0.3 is 0 Å². The van der Waals surface area contributed by atoms with Crippen LogP contribution in [0.2, 0.25) is 0 Å². The molecule has 0 amide bonds. The summed E-state index contributed by atoms with van der Waals surface area (Å²) in [6.45, 7) is 3.61. The monoisotopic (exact) mass is 207 g/mol. The maximum Gasteiger partial charge on any atom is 0.0620 e. The van der Waals surface area contributed by atoms with Crippen molar-refractivity contribution in [2.45, 2.75) is 12.5 Å². The zero-order chi connectivity index (χ0) is 10.3. The fourth-order valence-corrected chi connectivity index (χ4v) is 1.67. The van der Waals surface area contributed by atoms with Gasteiger partial charge in [0.2, 0.25) is 0 Å². The minimum absolute atomic E-state index is 0.494. The van der Waals surface area contributed by atoms with E-state index >= 15 is 0 Å². The molecule has 2 rings (SSSR count). The van der Waals surface area contributed by atoms with Crippen LogP contribution in [0, 0.1) is 0 Å². The average Bonchev–Trinajstić information content (AvgIpc) is 2.32. The van der Waals surface area contributed by atoms with Crippen LogP contribution in [0.15, 0.2) is 24.5 Å². The second kappa shape index (κ2) is 5.68. The molecule has 4 nitrogen and oxygen atoms in total. The molecule has 1 atom stereocenters. The molecule has 2 N–H and O–H groups in total. The quantitative estimate of drug-likeness (QED) is 0.769.